The van der Waals surface area contributed by atoms with Gasteiger partial charge in [-0.2, -0.15) is 0 Å². The Labute approximate surface area is 141 Å². The fraction of sp³-hybridized carbons (Fsp3) is 0.409. The van der Waals surface area contributed by atoms with E-state index in [1.807, 2.05) is 6.21 Å². The van der Waals surface area contributed by atoms with E-state index in [9.17, 15) is 0 Å². The van der Waals surface area contributed by atoms with Gasteiger partial charge in [0.25, 0.3) is 0 Å². The second kappa shape index (κ2) is 6.31. The van der Waals surface area contributed by atoms with Crippen LogP contribution in [0.1, 0.15) is 63.8 Å². The van der Waals surface area contributed by atoms with Crippen LogP contribution in [0, 0.1) is 6.92 Å². The molecule has 0 unspecified atom stereocenters. The van der Waals surface area contributed by atoms with Crippen molar-refractivity contribution in [2.24, 2.45) is 4.99 Å². The monoisotopic (exact) mass is 307 g/mol. The molecule has 0 saturated heterocycles. The van der Waals surface area contributed by atoms with Gasteiger partial charge in [-0.3, -0.25) is 4.99 Å². The minimum Gasteiger partial charge on any atom is -0.256 e. The Bertz CT molecular complexity index is 692. The molecule has 0 aliphatic carbocycles. The molecule has 0 saturated carbocycles. The molecule has 0 bridgehead atoms. The van der Waals surface area contributed by atoms with Crippen LogP contribution in [0.5, 0.6) is 0 Å². The zero-order valence-electron chi connectivity index (χ0n) is 15.6. The zero-order chi connectivity index (χ0) is 17.3. The van der Waals surface area contributed by atoms with Crippen LogP contribution in [0.15, 0.2) is 47.5 Å². The minimum absolute atomic E-state index is 0.176. The lowest BCUT2D eigenvalue weighted by Gasteiger charge is -2.20. The smallest absolute Gasteiger partial charge is 0.0659 e. The highest BCUT2D eigenvalue weighted by Crippen LogP contribution is 2.28. The molecule has 2 aromatic carbocycles. The van der Waals surface area contributed by atoms with Crippen molar-refractivity contribution in [1.82, 2.24) is 0 Å². The van der Waals surface area contributed by atoms with Gasteiger partial charge in [0, 0.05) is 6.21 Å². The highest BCUT2D eigenvalue weighted by molar-refractivity contribution is 5.82. The number of nitrogens with zero attached hydrogens (tertiary/aromatic N) is 1. The summed E-state index contributed by atoms with van der Waals surface area (Å²) in [6.45, 7) is 15.5. The number of aliphatic imine (C=N–C) groups is 1. The summed E-state index contributed by atoms with van der Waals surface area (Å²) >= 11 is 0. The zero-order valence-corrected chi connectivity index (χ0v) is 15.6. The predicted octanol–water partition coefficient (Wildman–Crippen LogP) is 6.34. The second-order valence-electron chi connectivity index (χ2n) is 8.38. The van der Waals surface area contributed by atoms with Crippen LogP contribution in [0.2, 0.25) is 0 Å². The topological polar surface area (TPSA) is 12.4 Å². The van der Waals surface area contributed by atoms with Crippen LogP contribution in [0.3, 0.4) is 0 Å². The number of hydrogen-bond donors (Lipinski definition) is 0. The number of rotatable bonds is 2. The van der Waals surface area contributed by atoms with Gasteiger partial charge in [-0.1, -0.05) is 77.9 Å². The van der Waals surface area contributed by atoms with Gasteiger partial charge in [0.15, 0.2) is 0 Å². The maximum absolute atomic E-state index is 4.67. The van der Waals surface area contributed by atoms with Gasteiger partial charge in [-0.25, -0.2) is 0 Å². The largest absolute Gasteiger partial charge is 0.256 e. The Kier molecular flexibility index (Phi) is 4.79. The predicted molar refractivity (Wildman–Crippen MR) is 102 cm³/mol. The van der Waals surface area contributed by atoms with Gasteiger partial charge in [0.1, 0.15) is 0 Å². The minimum atomic E-state index is 0.176. The van der Waals surface area contributed by atoms with Crippen LogP contribution in [0.25, 0.3) is 0 Å². The molecule has 0 atom stereocenters. The first-order valence-corrected chi connectivity index (χ1v) is 8.33. The molecule has 0 aliphatic heterocycles. The molecule has 0 spiro atoms. The van der Waals surface area contributed by atoms with E-state index in [4.69, 9.17) is 0 Å². The quantitative estimate of drug-likeness (QED) is 0.574. The molecule has 122 valence electrons. The summed E-state index contributed by atoms with van der Waals surface area (Å²) in [5.74, 6) is 0. The van der Waals surface area contributed by atoms with Crippen molar-refractivity contribution in [3.63, 3.8) is 0 Å². The standard InChI is InChI=1S/C22H29N/c1-16-14-19(22(5,6)7)12-13-20(16)23-15-17-8-10-18(11-9-17)21(2,3)4/h8-15H,1-7H3. The van der Waals surface area contributed by atoms with E-state index in [1.165, 1.54) is 16.7 Å². The van der Waals surface area contributed by atoms with Crippen LogP contribution in [-0.2, 0) is 10.8 Å². The lowest BCUT2D eigenvalue weighted by atomic mass is 9.86. The normalized spacial score (nSPS) is 12.8. The summed E-state index contributed by atoms with van der Waals surface area (Å²) in [5.41, 5.74) is 6.46. The van der Waals surface area contributed by atoms with Gasteiger partial charge in [0.2, 0.25) is 0 Å². The van der Waals surface area contributed by atoms with Crippen molar-refractivity contribution in [2.45, 2.75) is 59.3 Å². The number of benzene rings is 2. The Morgan fingerprint density at radius 1 is 0.739 bits per heavy atom. The van der Waals surface area contributed by atoms with Crippen molar-refractivity contribution >= 4 is 11.9 Å². The molecule has 0 radical (unpaired) electrons. The highest BCUT2D eigenvalue weighted by atomic mass is 14.7. The Morgan fingerprint density at radius 2 is 1.26 bits per heavy atom. The lowest BCUT2D eigenvalue weighted by molar-refractivity contribution is 0.589. The average molecular weight is 307 g/mol. The third kappa shape index (κ3) is 4.54. The van der Waals surface area contributed by atoms with Gasteiger partial charge in [-0.15, -0.1) is 0 Å². The van der Waals surface area contributed by atoms with Crippen molar-refractivity contribution in [3.05, 3.63) is 64.7 Å². The van der Waals surface area contributed by atoms with Gasteiger partial charge >= 0.3 is 0 Å². The van der Waals surface area contributed by atoms with E-state index in [-0.39, 0.29) is 10.8 Å². The molecule has 1 nitrogen and oxygen atoms in total. The maximum atomic E-state index is 4.67. The lowest BCUT2D eigenvalue weighted by Crippen LogP contribution is -2.10. The summed E-state index contributed by atoms with van der Waals surface area (Å²) in [7, 11) is 0. The third-order valence-corrected chi connectivity index (χ3v) is 4.19. The van der Waals surface area contributed by atoms with E-state index in [0.717, 1.165) is 11.3 Å². The van der Waals surface area contributed by atoms with Crippen molar-refractivity contribution in [2.75, 3.05) is 0 Å². The van der Waals surface area contributed by atoms with E-state index in [1.54, 1.807) is 0 Å². The maximum Gasteiger partial charge on any atom is 0.0659 e. The van der Waals surface area contributed by atoms with E-state index >= 15 is 0 Å². The first-order valence-electron chi connectivity index (χ1n) is 8.33. The van der Waals surface area contributed by atoms with E-state index < -0.39 is 0 Å². The van der Waals surface area contributed by atoms with Crippen molar-refractivity contribution in [3.8, 4) is 0 Å². The highest BCUT2D eigenvalue weighted by Gasteiger charge is 2.14. The molecule has 0 N–H and O–H groups in total. The summed E-state index contributed by atoms with van der Waals surface area (Å²) in [4.78, 5) is 4.67. The molecule has 2 rings (SSSR count). The van der Waals surface area contributed by atoms with Gasteiger partial charge < -0.3 is 0 Å². The molecule has 0 heterocycles. The van der Waals surface area contributed by atoms with Crippen molar-refractivity contribution in [1.29, 1.82) is 0 Å². The Balaban J connectivity index is 2.20. The molecular formula is C22H29N. The molecule has 0 fully saturated rings. The number of hydrogen-bond acceptors (Lipinski definition) is 1. The van der Waals surface area contributed by atoms with Crippen LogP contribution in [-0.4, -0.2) is 6.21 Å². The summed E-state index contributed by atoms with van der Waals surface area (Å²) in [5, 5.41) is 0. The van der Waals surface area contributed by atoms with Gasteiger partial charge in [-0.05, 0) is 46.1 Å². The third-order valence-electron chi connectivity index (χ3n) is 4.19. The second-order valence-corrected chi connectivity index (χ2v) is 8.38. The fourth-order valence-electron chi connectivity index (χ4n) is 2.48. The Hall–Kier alpha value is -1.89. The van der Waals surface area contributed by atoms with E-state index in [2.05, 4.69) is 95.9 Å². The fourth-order valence-corrected chi connectivity index (χ4v) is 2.48. The molecule has 0 amide bonds. The average Bonchev–Trinajstić information content (AvgIpc) is 2.44. The van der Waals surface area contributed by atoms with E-state index in [0.29, 0.717) is 0 Å². The Morgan fingerprint density at radius 3 is 1.74 bits per heavy atom. The van der Waals surface area contributed by atoms with Crippen molar-refractivity contribution < 1.29 is 0 Å². The first-order chi connectivity index (χ1) is 10.6. The SMILES string of the molecule is Cc1cc(C(C)(C)C)ccc1N=Cc1ccc(C(C)(C)C)cc1. The molecule has 0 aliphatic rings. The molecule has 2 aromatic rings. The summed E-state index contributed by atoms with van der Waals surface area (Å²) in [6, 6.07) is 15.2. The molecule has 23 heavy (non-hydrogen) atoms. The first kappa shape index (κ1) is 17.5. The van der Waals surface area contributed by atoms with Crippen LogP contribution < -0.4 is 0 Å². The summed E-state index contributed by atoms with van der Waals surface area (Å²) in [6.07, 6.45) is 1.95. The van der Waals surface area contributed by atoms with Gasteiger partial charge in [0.05, 0.1) is 5.69 Å². The molecular weight excluding hydrogens is 278 g/mol. The molecule has 1 heteroatoms. The van der Waals surface area contributed by atoms with Crippen LogP contribution >= 0.6 is 0 Å². The van der Waals surface area contributed by atoms with Crippen LogP contribution in [0.4, 0.5) is 5.69 Å². The summed E-state index contributed by atoms with van der Waals surface area (Å²) < 4.78 is 0. The molecule has 0 aromatic heterocycles. The number of aryl methyl sites for hydroxylation is 1.